The van der Waals surface area contributed by atoms with Crippen LogP contribution < -0.4 is 10.6 Å². The predicted molar refractivity (Wildman–Crippen MR) is 97.8 cm³/mol. The van der Waals surface area contributed by atoms with Crippen molar-refractivity contribution in [1.29, 1.82) is 0 Å². The van der Waals surface area contributed by atoms with E-state index < -0.39 is 0 Å². The van der Waals surface area contributed by atoms with E-state index in [0.29, 0.717) is 0 Å². The second kappa shape index (κ2) is 9.41. The monoisotopic (exact) mass is 314 g/mol. The maximum Gasteiger partial charge on any atom is 0.221 e. The fourth-order valence-electron chi connectivity index (χ4n) is 2.05. The first-order chi connectivity index (χ1) is 10.0. The number of carbonyl (C=O) groups is 2. The Morgan fingerprint density at radius 2 is 1.00 bits per heavy atom. The molecule has 4 nitrogen and oxygen atoms in total. The molecule has 2 amide bonds. The summed E-state index contributed by atoms with van der Waals surface area (Å²) in [5, 5.41) is 5.48. The Balaban J connectivity index is 0.00000242. The van der Waals surface area contributed by atoms with Crippen LogP contribution in [0.1, 0.15) is 39.8 Å². The molecule has 0 spiro atoms. The number of hydrogen-bond donors (Lipinski definition) is 2. The Hall–Kier alpha value is -2.62. The minimum Gasteiger partial charge on any atom is -0.326 e. The van der Waals surface area contributed by atoms with E-state index in [-0.39, 0.29) is 26.7 Å². The van der Waals surface area contributed by atoms with Crippen LogP contribution in [-0.2, 0) is 16.0 Å². The average molecular weight is 314 g/mol. The van der Waals surface area contributed by atoms with E-state index in [0.717, 1.165) is 28.9 Å². The zero-order valence-electron chi connectivity index (χ0n) is 12.1. The first kappa shape index (κ1) is 20.4. The van der Waals surface area contributed by atoms with Crippen LogP contribution in [0, 0.1) is 0 Å². The smallest absolute Gasteiger partial charge is 0.221 e. The Morgan fingerprint density at radius 3 is 1.26 bits per heavy atom. The number of hydrogen-bond acceptors (Lipinski definition) is 2. The molecule has 0 unspecified atom stereocenters. The molecule has 0 atom stereocenters. The van der Waals surface area contributed by atoms with Gasteiger partial charge in [-0.1, -0.05) is 39.1 Å². The topological polar surface area (TPSA) is 58.2 Å². The quantitative estimate of drug-likeness (QED) is 0.875. The Kier molecular flexibility index (Phi) is 8.34. The van der Waals surface area contributed by atoms with Crippen molar-refractivity contribution in [3.8, 4) is 0 Å². The number of amides is 2. The van der Waals surface area contributed by atoms with Crippen molar-refractivity contribution >= 4 is 23.2 Å². The number of rotatable bonds is 4. The van der Waals surface area contributed by atoms with Crippen LogP contribution in [0.2, 0.25) is 0 Å². The van der Waals surface area contributed by atoms with Crippen molar-refractivity contribution in [3.63, 3.8) is 0 Å². The third-order valence-corrected chi connectivity index (χ3v) is 2.96. The van der Waals surface area contributed by atoms with E-state index in [1.165, 1.54) is 13.8 Å². The van der Waals surface area contributed by atoms with Crippen molar-refractivity contribution in [2.75, 3.05) is 10.6 Å². The second-order valence-electron chi connectivity index (χ2n) is 4.93. The molecule has 2 N–H and O–H groups in total. The average Bonchev–Trinajstić information content (AvgIpc) is 2.42. The van der Waals surface area contributed by atoms with Crippen LogP contribution >= 0.6 is 0 Å². The minimum atomic E-state index is -0.0729. The lowest BCUT2D eigenvalue weighted by atomic mass is 10.0. The SMILES string of the molecule is C.C.CC(=O)Nc1ccc(Cc2ccc(NC(C)=O)cc2)cc1. The van der Waals surface area contributed by atoms with Gasteiger partial charge < -0.3 is 10.6 Å². The van der Waals surface area contributed by atoms with E-state index in [2.05, 4.69) is 10.6 Å². The van der Waals surface area contributed by atoms with Crippen molar-refractivity contribution in [1.82, 2.24) is 0 Å². The summed E-state index contributed by atoms with van der Waals surface area (Å²) in [7, 11) is 0. The number of benzene rings is 2. The van der Waals surface area contributed by atoms with Gasteiger partial charge in [0.2, 0.25) is 11.8 Å². The van der Waals surface area contributed by atoms with E-state index in [4.69, 9.17) is 0 Å². The highest BCUT2D eigenvalue weighted by Gasteiger charge is 2.00. The lowest BCUT2D eigenvalue weighted by molar-refractivity contribution is -0.115. The molecule has 124 valence electrons. The third kappa shape index (κ3) is 6.78. The molecule has 0 saturated carbocycles. The number of nitrogens with one attached hydrogen (secondary N) is 2. The maximum atomic E-state index is 11.0. The zero-order valence-corrected chi connectivity index (χ0v) is 12.1. The standard InChI is InChI=1S/C17H18N2O2.2CH4/c1-12(20)18-16-7-3-14(4-8-16)11-15-5-9-17(10-6-15)19-13(2)21;;/h3-10H,11H2,1-2H3,(H,18,20)(H,19,21);2*1H4. The summed E-state index contributed by atoms with van der Waals surface area (Å²) >= 11 is 0. The van der Waals surface area contributed by atoms with E-state index in [1.54, 1.807) is 0 Å². The van der Waals surface area contributed by atoms with E-state index in [9.17, 15) is 9.59 Å². The van der Waals surface area contributed by atoms with Crippen LogP contribution in [0.25, 0.3) is 0 Å². The third-order valence-electron chi connectivity index (χ3n) is 2.96. The minimum absolute atomic E-state index is 0. The van der Waals surface area contributed by atoms with Crippen LogP contribution in [0.4, 0.5) is 11.4 Å². The van der Waals surface area contributed by atoms with Crippen molar-refractivity contribution in [3.05, 3.63) is 59.7 Å². The zero-order chi connectivity index (χ0) is 15.2. The van der Waals surface area contributed by atoms with Crippen molar-refractivity contribution in [2.45, 2.75) is 35.1 Å². The van der Waals surface area contributed by atoms with E-state index in [1.807, 2.05) is 48.5 Å². The maximum absolute atomic E-state index is 11.0. The summed E-state index contributed by atoms with van der Waals surface area (Å²) in [6.07, 6.45) is 0.806. The predicted octanol–water partition coefficient (Wildman–Crippen LogP) is 4.47. The molecule has 0 saturated heterocycles. The van der Waals surface area contributed by atoms with Gasteiger partial charge in [0.05, 0.1) is 0 Å². The van der Waals surface area contributed by atoms with Gasteiger partial charge in [0, 0.05) is 25.2 Å². The molecule has 23 heavy (non-hydrogen) atoms. The lowest BCUT2D eigenvalue weighted by Gasteiger charge is -2.06. The summed E-state index contributed by atoms with van der Waals surface area (Å²) in [6.45, 7) is 2.98. The lowest BCUT2D eigenvalue weighted by Crippen LogP contribution is -2.05. The molecule has 0 aliphatic rings. The molecule has 2 aromatic carbocycles. The van der Waals surface area contributed by atoms with E-state index >= 15 is 0 Å². The van der Waals surface area contributed by atoms with Gasteiger partial charge in [0.15, 0.2) is 0 Å². The summed E-state index contributed by atoms with van der Waals surface area (Å²) < 4.78 is 0. The van der Waals surface area contributed by atoms with Gasteiger partial charge in [-0.05, 0) is 41.8 Å². The first-order valence-corrected chi connectivity index (χ1v) is 6.76. The molecule has 0 radical (unpaired) electrons. The Labute approximate surface area is 138 Å². The molecule has 0 aromatic heterocycles. The van der Waals surface area contributed by atoms with Crippen LogP contribution in [0.5, 0.6) is 0 Å². The van der Waals surface area contributed by atoms with Crippen molar-refractivity contribution in [2.24, 2.45) is 0 Å². The summed E-state index contributed by atoms with van der Waals surface area (Å²) in [5.74, 6) is -0.146. The summed E-state index contributed by atoms with van der Waals surface area (Å²) in [4.78, 5) is 21.9. The number of carbonyl (C=O) groups excluding carboxylic acids is 2. The molecule has 0 fully saturated rings. The molecule has 2 rings (SSSR count). The van der Waals surface area contributed by atoms with Crippen LogP contribution in [0.3, 0.4) is 0 Å². The molecule has 2 aromatic rings. The Bertz CT molecular complexity index is 574. The molecule has 0 heterocycles. The Morgan fingerprint density at radius 1 is 0.696 bits per heavy atom. The fraction of sp³-hybridized carbons (Fsp3) is 0.263. The van der Waals surface area contributed by atoms with Crippen LogP contribution in [0.15, 0.2) is 48.5 Å². The van der Waals surface area contributed by atoms with Gasteiger partial charge in [-0.3, -0.25) is 9.59 Å². The molecular weight excluding hydrogens is 288 g/mol. The first-order valence-electron chi connectivity index (χ1n) is 6.76. The normalized spacial score (nSPS) is 9.13. The molecule has 4 heteroatoms. The van der Waals surface area contributed by atoms with Gasteiger partial charge in [0.1, 0.15) is 0 Å². The van der Waals surface area contributed by atoms with Crippen molar-refractivity contribution < 1.29 is 9.59 Å². The van der Waals surface area contributed by atoms with Crippen LogP contribution in [-0.4, -0.2) is 11.8 Å². The van der Waals surface area contributed by atoms with Gasteiger partial charge in [-0.25, -0.2) is 0 Å². The molecule has 0 aliphatic carbocycles. The summed E-state index contributed by atoms with van der Waals surface area (Å²) in [6, 6.07) is 15.5. The molecule has 0 bridgehead atoms. The van der Waals surface area contributed by atoms with Gasteiger partial charge in [-0.2, -0.15) is 0 Å². The van der Waals surface area contributed by atoms with Gasteiger partial charge in [-0.15, -0.1) is 0 Å². The van der Waals surface area contributed by atoms with Gasteiger partial charge >= 0.3 is 0 Å². The highest BCUT2D eigenvalue weighted by Crippen LogP contribution is 2.16. The highest BCUT2D eigenvalue weighted by atomic mass is 16.2. The summed E-state index contributed by atoms with van der Waals surface area (Å²) in [5.41, 5.74) is 3.92. The molecule has 0 aliphatic heterocycles. The number of anilines is 2. The second-order valence-corrected chi connectivity index (χ2v) is 4.93. The largest absolute Gasteiger partial charge is 0.326 e. The van der Waals surface area contributed by atoms with Gasteiger partial charge in [0.25, 0.3) is 0 Å². The molecular formula is C19H26N2O2. The fourth-order valence-corrected chi connectivity index (χ4v) is 2.05. The highest BCUT2D eigenvalue weighted by molar-refractivity contribution is 5.89.